The number of amides is 1. The third-order valence-electron chi connectivity index (χ3n) is 2.47. The highest BCUT2D eigenvalue weighted by molar-refractivity contribution is 7.15. The van der Waals surface area contributed by atoms with Gasteiger partial charge < -0.3 is 10.2 Å². The number of thiazole rings is 1. The minimum Gasteiger partial charge on any atom is -0.354 e. The Labute approximate surface area is 93.3 Å². The second kappa shape index (κ2) is 4.61. The number of aryl methyl sites for hydroxylation is 1. The fourth-order valence-electron chi connectivity index (χ4n) is 1.57. The zero-order valence-electron chi connectivity index (χ0n) is 8.82. The van der Waals surface area contributed by atoms with E-state index in [0.717, 1.165) is 31.2 Å². The summed E-state index contributed by atoms with van der Waals surface area (Å²) in [4.78, 5) is 19.0. The van der Waals surface area contributed by atoms with Crippen LogP contribution in [0.25, 0.3) is 0 Å². The number of anilines is 1. The monoisotopic (exact) mass is 225 g/mol. The highest BCUT2D eigenvalue weighted by Crippen LogP contribution is 2.23. The number of rotatable bonds is 2. The van der Waals surface area contributed by atoms with E-state index >= 15 is 0 Å². The second-order valence-corrected chi connectivity index (χ2v) is 4.64. The molecule has 1 aliphatic rings. The van der Waals surface area contributed by atoms with E-state index in [9.17, 15) is 4.79 Å². The number of carbonyl (C=O) groups excluding carboxylic acids is 1. The average Bonchev–Trinajstić information content (AvgIpc) is 2.62. The molecule has 0 atom stereocenters. The van der Waals surface area contributed by atoms with Gasteiger partial charge in [0.2, 0.25) is 5.91 Å². The number of carbonyl (C=O) groups is 1. The summed E-state index contributed by atoms with van der Waals surface area (Å²) in [6, 6.07) is 0. The Hall–Kier alpha value is -1.10. The van der Waals surface area contributed by atoms with Crippen molar-refractivity contribution in [3.05, 3.63) is 11.1 Å². The lowest BCUT2D eigenvalue weighted by Crippen LogP contribution is -2.28. The molecule has 0 bridgehead atoms. The molecule has 1 amide bonds. The number of hydrogen-bond acceptors (Lipinski definition) is 4. The summed E-state index contributed by atoms with van der Waals surface area (Å²) < 4.78 is 0. The molecule has 1 aromatic rings. The molecule has 2 heterocycles. The Balaban J connectivity index is 2.06. The maximum atomic E-state index is 11.2. The minimum absolute atomic E-state index is 0.143. The van der Waals surface area contributed by atoms with Gasteiger partial charge in [0.25, 0.3) is 0 Å². The van der Waals surface area contributed by atoms with E-state index in [1.165, 1.54) is 4.88 Å². The predicted octanol–water partition coefficient (Wildman–Crippen LogP) is 1.03. The van der Waals surface area contributed by atoms with Crippen molar-refractivity contribution >= 4 is 22.4 Å². The van der Waals surface area contributed by atoms with E-state index in [2.05, 4.69) is 22.1 Å². The zero-order valence-corrected chi connectivity index (χ0v) is 9.64. The first-order valence-corrected chi connectivity index (χ1v) is 6.07. The summed E-state index contributed by atoms with van der Waals surface area (Å²) in [6.45, 7) is 4.50. The van der Waals surface area contributed by atoms with Crippen molar-refractivity contribution in [1.29, 1.82) is 0 Å². The Morgan fingerprint density at radius 3 is 3.20 bits per heavy atom. The molecular formula is C10H15N3OS. The lowest BCUT2D eigenvalue weighted by Gasteiger charge is -2.17. The van der Waals surface area contributed by atoms with Crippen LogP contribution in [0.5, 0.6) is 0 Å². The molecule has 0 spiro atoms. The molecule has 5 heteroatoms. The van der Waals surface area contributed by atoms with Crippen LogP contribution in [0, 0.1) is 0 Å². The van der Waals surface area contributed by atoms with Crippen LogP contribution in [-0.4, -0.2) is 30.5 Å². The van der Waals surface area contributed by atoms with Gasteiger partial charge in [0.15, 0.2) is 5.13 Å². The molecule has 2 rings (SSSR count). The van der Waals surface area contributed by atoms with Crippen LogP contribution in [0.4, 0.5) is 5.13 Å². The molecule has 1 N–H and O–H groups in total. The van der Waals surface area contributed by atoms with Crippen molar-refractivity contribution in [3.63, 3.8) is 0 Å². The van der Waals surface area contributed by atoms with Gasteiger partial charge in [-0.1, -0.05) is 6.92 Å². The quantitative estimate of drug-likeness (QED) is 0.817. The molecule has 1 fully saturated rings. The van der Waals surface area contributed by atoms with Crippen molar-refractivity contribution in [1.82, 2.24) is 10.3 Å². The molecule has 4 nitrogen and oxygen atoms in total. The van der Waals surface area contributed by atoms with Crippen LogP contribution in [0.15, 0.2) is 6.20 Å². The average molecular weight is 225 g/mol. The fraction of sp³-hybridized carbons (Fsp3) is 0.600. The van der Waals surface area contributed by atoms with Crippen LogP contribution < -0.4 is 10.2 Å². The van der Waals surface area contributed by atoms with E-state index in [0.29, 0.717) is 6.42 Å². The maximum absolute atomic E-state index is 11.2. The van der Waals surface area contributed by atoms with Gasteiger partial charge >= 0.3 is 0 Å². The van der Waals surface area contributed by atoms with Crippen LogP contribution >= 0.6 is 11.3 Å². The lowest BCUT2D eigenvalue weighted by atomic mass is 10.4. The molecule has 0 saturated carbocycles. The Morgan fingerprint density at radius 2 is 2.47 bits per heavy atom. The van der Waals surface area contributed by atoms with Crippen LogP contribution in [0.1, 0.15) is 18.2 Å². The summed E-state index contributed by atoms with van der Waals surface area (Å²) in [5.74, 6) is 0.143. The summed E-state index contributed by atoms with van der Waals surface area (Å²) in [5.41, 5.74) is 0. The van der Waals surface area contributed by atoms with E-state index < -0.39 is 0 Å². The summed E-state index contributed by atoms with van der Waals surface area (Å²) in [7, 11) is 0. The Bertz CT molecular complexity index is 350. The standard InChI is InChI=1S/C10H15N3OS/c1-2-8-7-12-10(15-8)13-5-3-9(14)11-4-6-13/h7H,2-6H2,1H3,(H,11,14). The highest BCUT2D eigenvalue weighted by atomic mass is 32.1. The Kier molecular flexibility index (Phi) is 3.20. The first kappa shape index (κ1) is 10.4. The van der Waals surface area contributed by atoms with E-state index in [4.69, 9.17) is 0 Å². The molecule has 0 aliphatic carbocycles. The molecule has 0 aromatic carbocycles. The number of nitrogens with one attached hydrogen (secondary N) is 1. The fourth-order valence-corrected chi connectivity index (χ4v) is 2.47. The Morgan fingerprint density at radius 1 is 1.60 bits per heavy atom. The van der Waals surface area contributed by atoms with Gasteiger partial charge in [0, 0.05) is 37.1 Å². The van der Waals surface area contributed by atoms with Gasteiger partial charge in [-0.05, 0) is 6.42 Å². The van der Waals surface area contributed by atoms with E-state index in [1.54, 1.807) is 11.3 Å². The number of nitrogens with zero attached hydrogens (tertiary/aromatic N) is 2. The summed E-state index contributed by atoms with van der Waals surface area (Å²) in [5, 5.41) is 3.91. The molecule has 1 aromatic heterocycles. The van der Waals surface area contributed by atoms with Crippen LogP contribution in [0.3, 0.4) is 0 Å². The molecule has 82 valence electrons. The van der Waals surface area contributed by atoms with Crippen LogP contribution in [0.2, 0.25) is 0 Å². The van der Waals surface area contributed by atoms with E-state index in [-0.39, 0.29) is 5.91 Å². The van der Waals surface area contributed by atoms with Gasteiger partial charge in [-0.15, -0.1) is 11.3 Å². The topological polar surface area (TPSA) is 45.2 Å². The van der Waals surface area contributed by atoms with Crippen molar-refractivity contribution in [2.24, 2.45) is 0 Å². The first-order chi connectivity index (χ1) is 7.29. The third-order valence-corrected chi connectivity index (χ3v) is 3.68. The number of hydrogen-bond donors (Lipinski definition) is 1. The lowest BCUT2D eigenvalue weighted by molar-refractivity contribution is -0.120. The number of aromatic nitrogens is 1. The minimum atomic E-state index is 0.143. The van der Waals surface area contributed by atoms with Crippen molar-refractivity contribution in [2.75, 3.05) is 24.5 Å². The van der Waals surface area contributed by atoms with E-state index in [1.807, 2.05) is 6.20 Å². The van der Waals surface area contributed by atoms with Gasteiger partial charge in [0.05, 0.1) is 0 Å². The van der Waals surface area contributed by atoms with Crippen molar-refractivity contribution in [3.8, 4) is 0 Å². The first-order valence-electron chi connectivity index (χ1n) is 5.26. The molecule has 0 radical (unpaired) electrons. The van der Waals surface area contributed by atoms with Gasteiger partial charge in [-0.25, -0.2) is 4.98 Å². The normalized spacial score (nSPS) is 17.4. The largest absolute Gasteiger partial charge is 0.354 e. The zero-order chi connectivity index (χ0) is 10.7. The SMILES string of the molecule is CCc1cnc(N2CCNC(=O)CC2)s1. The molecule has 1 aliphatic heterocycles. The molecule has 15 heavy (non-hydrogen) atoms. The van der Waals surface area contributed by atoms with Crippen molar-refractivity contribution in [2.45, 2.75) is 19.8 Å². The molecule has 0 unspecified atom stereocenters. The molecule has 1 saturated heterocycles. The summed E-state index contributed by atoms with van der Waals surface area (Å²) >= 11 is 1.73. The summed E-state index contributed by atoms with van der Waals surface area (Å²) in [6.07, 6.45) is 3.53. The predicted molar refractivity (Wildman–Crippen MR) is 61.3 cm³/mol. The second-order valence-electron chi connectivity index (χ2n) is 3.55. The smallest absolute Gasteiger partial charge is 0.221 e. The van der Waals surface area contributed by atoms with Gasteiger partial charge in [-0.2, -0.15) is 0 Å². The maximum Gasteiger partial charge on any atom is 0.221 e. The van der Waals surface area contributed by atoms with Crippen molar-refractivity contribution < 1.29 is 4.79 Å². The highest BCUT2D eigenvalue weighted by Gasteiger charge is 2.15. The third kappa shape index (κ3) is 2.47. The molecular weight excluding hydrogens is 210 g/mol. The van der Waals surface area contributed by atoms with Gasteiger partial charge in [0.1, 0.15) is 0 Å². The van der Waals surface area contributed by atoms with Crippen LogP contribution in [-0.2, 0) is 11.2 Å². The van der Waals surface area contributed by atoms with Gasteiger partial charge in [-0.3, -0.25) is 4.79 Å².